The minimum absolute atomic E-state index is 0.835. The first-order valence-corrected chi connectivity index (χ1v) is 4.44. The van der Waals surface area contributed by atoms with E-state index in [0.717, 1.165) is 18.5 Å². The number of likely N-dealkylation sites (N-methyl/N-ethyl adjacent to an activating group) is 1. The molecular weight excluding hydrogens is 134 g/mol. The molecule has 0 unspecified atom stereocenters. The van der Waals surface area contributed by atoms with Crippen LogP contribution in [0.5, 0.6) is 0 Å². The fourth-order valence-electron chi connectivity index (χ4n) is 1.77. The average molecular weight is 153 g/mol. The first-order valence-electron chi connectivity index (χ1n) is 4.44. The summed E-state index contributed by atoms with van der Waals surface area (Å²) >= 11 is 0. The Balaban J connectivity index is 2.21. The van der Waals surface area contributed by atoms with E-state index in [0.29, 0.717) is 0 Å². The van der Waals surface area contributed by atoms with Crippen LogP contribution in [0.4, 0.5) is 0 Å². The summed E-state index contributed by atoms with van der Waals surface area (Å²) in [6, 6.07) is 0.835. The van der Waals surface area contributed by atoms with Gasteiger partial charge in [-0.05, 0) is 32.7 Å². The van der Waals surface area contributed by atoms with Crippen LogP contribution in [-0.4, -0.2) is 24.5 Å². The maximum Gasteiger partial charge on any atom is 0.0187 e. The fraction of sp³-hybridized carbons (Fsp3) is 0.800. The molecule has 0 amide bonds. The molecule has 0 saturated heterocycles. The van der Waals surface area contributed by atoms with Crippen LogP contribution in [0.25, 0.3) is 0 Å². The van der Waals surface area contributed by atoms with E-state index in [2.05, 4.69) is 32.4 Å². The van der Waals surface area contributed by atoms with Crippen molar-refractivity contribution in [1.29, 1.82) is 0 Å². The third kappa shape index (κ3) is 2.33. The number of nitrogens with zero attached hydrogens (tertiary/aromatic N) is 1. The lowest BCUT2D eigenvalue weighted by Gasteiger charge is -2.39. The van der Waals surface area contributed by atoms with Gasteiger partial charge in [-0.25, -0.2) is 0 Å². The Morgan fingerprint density at radius 2 is 2.09 bits per heavy atom. The highest BCUT2D eigenvalue weighted by Crippen LogP contribution is 2.30. The topological polar surface area (TPSA) is 3.24 Å². The van der Waals surface area contributed by atoms with E-state index in [1.165, 1.54) is 18.4 Å². The number of rotatable bonds is 3. The van der Waals surface area contributed by atoms with E-state index in [1.54, 1.807) is 0 Å². The van der Waals surface area contributed by atoms with E-state index in [9.17, 15) is 0 Å². The van der Waals surface area contributed by atoms with Gasteiger partial charge in [0, 0.05) is 12.6 Å². The van der Waals surface area contributed by atoms with Crippen LogP contribution in [0.3, 0.4) is 0 Å². The third-order valence-corrected chi connectivity index (χ3v) is 2.49. The minimum atomic E-state index is 0.835. The Kier molecular flexibility index (Phi) is 2.72. The largest absolute Gasteiger partial charge is 0.299 e. The summed E-state index contributed by atoms with van der Waals surface area (Å²) in [5, 5.41) is 0. The molecule has 0 aliphatic heterocycles. The zero-order valence-electron chi connectivity index (χ0n) is 7.93. The average Bonchev–Trinajstić information content (AvgIpc) is 1.79. The summed E-state index contributed by atoms with van der Waals surface area (Å²) in [7, 11) is 2.20. The van der Waals surface area contributed by atoms with Crippen molar-refractivity contribution in [3.63, 3.8) is 0 Å². The standard InChI is InChI=1S/C10H19N/c1-8(2)7-11(4)10-5-9(3)6-10/h9-10H,1,5-7H2,2-4H3. The SMILES string of the molecule is C=C(C)CN(C)C1CC(C)C1. The van der Waals surface area contributed by atoms with Crippen molar-refractivity contribution >= 4 is 0 Å². The molecular formula is C10H19N. The van der Waals surface area contributed by atoms with Crippen molar-refractivity contribution in [2.75, 3.05) is 13.6 Å². The molecule has 1 rings (SSSR count). The van der Waals surface area contributed by atoms with Crippen LogP contribution in [0.1, 0.15) is 26.7 Å². The van der Waals surface area contributed by atoms with Gasteiger partial charge in [0.2, 0.25) is 0 Å². The predicted octanol–water partition coefficient (Wildman–Crippen LogP) is 2.29. The highest BCUT2D eigenvalue weighted by atomic mass is 15.1. The van der Waals surface area contributed by atoms with Gasteiger partial charge < -0.3 is 0 Å². The van der Waals surface area contributed by atoms with Gasteiger partial charge in [-0.1, -0.05) is 19.1 Å². The van der Waals surface area contributed by atoms with Crippen molar-refractivity contribution in [2.24, 2.45) is 5.92 Å². The second-order valence-corrected chi connectivity index (χ2v) is 4.10. The second kappa shape index (κ2) is 3.40. The van der Waals surface area contributed by atoms with E-state index in [1.807, 2.05) is 0 Å². The van der Waals surface area contributed by atoms with Crippen LogP contribution in [0.15, 0.2) is 12.2 Å². The minimum Gasteiger partial charge on any atom is -0.299 e. The van der Waals surface area contributed by atoms with Crippen LogP contribution >= 0.6 is 0 Å². The van der Waals surface area contributed by atoms with Crippen molar-refractivity contribution in [3.05, 3.63) is 12.2 Å². The molecule has 0 aromatic carbocycles. The first kappa shape index (κ1) is 8.79. The normalized spacial score (nSPS) is 30.2. The molecule has 1 aliphatic rings. The monoisotopic (exact) mass is 153 g/mol. The van der Waals surface area contributed by atoms with Gasteiger partial charge in [-0.15, -0.1) is 0 Å². The fourth-order valence-corrected chi connectivity index (χ4v) is 1.77. The summed E-state index contributed by atoms with van der Waals surface area (Å²) in [6.45, 7) is 9.40. The molecule has 0 heterocycles. The molecule has 1 saturated carbocycles. The molecule has 0 aromatic heterocycles. The van der Waals surface area contributed by atoms with Gasteiger partial charge in [0.15, 0.2) is 0 Å². The Morgan fingerprint density at radius 1 is 1.55 bits per heavy atom. The smallest absolute Gasteiger partial charge is 0.0187 e. The number of hydrogen-bond acceptors (Lipinski definition) is 1. The van der Waals surface area contributed by atoms with Gasteiger partial charge in [0.05, 0.1) is 0 Å². The summed E-state index contributed by atoms with van der Waals surface area (Å²) in [6.07, 6.45) is 2.76. The molecule has 11 heavy (non-hydrogen) atoms. The van der Waals surface area contributed by atoms with Crippen molar-refractivity contribution in [3.8, 4) is 0 Å². The van der Waals surface area contributed by atoms with E-state index in [4.69, 9.17) is 0 Å². The van der Waals surface area contributed by atoms with Crippen LogP contribution in [0.2, 0.25) is 0 Å². The lowest BCUT2D eigenvalue weighted by Crippen LogP contribution is -2.42. The Morgan fingerprint density at radius 3 is 2.45 bits per heavy atom. The highest BCUT2D eigenvalue weighted by Gasteiger charge is 2.28. The molecule has 0 bridgehead atoms. The van der Waals surface area contributed by atoms with Gasteiger partial charge in [0.1, 0.15) is 0 Å². The zero-order valence-corrected chi connectivity index (χ0v) is 7.93. The molecule has 0 atom stereocenters. The van der Waals surface area contributed by atoms with Gasteiger partial charge in [0.25, 0.3) is 0 Å². The molecule has 1 nitrogen and oxygen atoms in total. The molecule has 0 aromatic rings. The number of hydrogen-bond donors (Lipinski definition) is 0. The first-order chi connectivity index (χ1) is 5.09. The van der Waals surface area contributed by atoms with E-state index < -0.39 is 0 Å². The molecule has 1 fully saturated rings. The lowest BCUT2D eigenvalue weighted by atomic mass is 9.81. The molecule has 0 N–H and O–H groups in total. The lowest BCUT2D eigenvalue weighted by molar-refractivity contribution is 0.120. The molecule has 1 aliphatic carbocycles. The van der Waals surface area contributed by atoms with Crippen molar-refractivity contribution in [1.82, 2.24) is 4.90 Å². The Bertz CT molecular complexity index is 145. The maximum absolute atomic E-state index is 3.91. The van der Waals surface area contributed by atoms with E-state index in [-0.39, 0.29) is 0 Å². The molecule has 0 radical (unpaired) electrons. The van der Waals surface area contributed by atoms with Crippen molar-refractivity contribution in [2.45, 2.75) is 32.7 Å². The van der Waals surface area contributed by atoms with Gasteiger partial charge in [-0.3, -0.25) is 4.90 Å². The zero-order chi connectivity index (χ0) is 8.43. The highest BCUT2D eigenvalue weighted by molar-refractivity contribution is 4.94. The van der Waals surface area contributed by atoms with E-state index >= 15 is 0 Å². The third-order valence-electron chi connectivity index (χ3n) is 2.49. The Labute approximate surface area is 70.1 Å². The maximum atomic E-state index is 3.91. The molecule has 64 valence electrons. The Hall–Kier alpha value is -0.300. The summed E-state index contributed by atoms with van der Waals surface area (Å²) in [5.74, 6) is 0.951. The van der Waals surface area contributed by atoms with Gasteiger partial charge >= 0.3 is 0 Å². The second-order valence-electron chi connectivity index (χ2n) is 4.10. The van der Waals surface area contributed by atoms with Crippen LogP contribution in [-0.2, 0) is 0 Å². The molecule has 0 spiro atoms. The summed E-state index contributed by atoms with van der Waals surface area (Å²) in [5.41, 5.74) is 1.27. The predicted molar refractivity (Wildman–Crippen MR) is 49.6 cm³/mol. The van der Waals surface area contributed by atoms with Crippen LogP contribution in [0, 0.1) is 5.92 Å². The summed E-state index contributed by atoms with van der Waals surface area (Å²) < 4.78 is 0. The molecule has 1 heteroatoms. The van der Waals surface area contributed by atoms with Crippen molar-refractivity contribution < 1.29 is 0 Å². The van der Waals surface area contributed by atoms with Gasteiger partial charge in [-0.2, -0.15) is 0 Å². The summed E-state index contributed by atoms with van der Waals surface area (Å²) in [4.78, 5) is 2.42. The van der Waals surface area contributed by atoms with Crippen LogP contribution < -0.4 is 0 Å². The quantitative estimate of drug-likeness (QED) is 0.562.